The van der Waals surface area contributed by atoms with Gasteiger partial charge in [-0.1, -0.05) is 12.1 Å². The summed E-state index contributed by atoms with van der Waals surface area (Å²) in [7, 11) is -1.21. The highest BCUT2D eigenvalue weighted by Crippen LogP contribution is 2.33. The van der Waals surface area contributed by atoms with E-state index in [9.17, 15) is 21.6 Å². The van der Waals surface area contributed by atoms with Gasteiger partial charge >= 0.3 is 6.18 Å². The molecular weight excluding hydrogens is 371 g/mol. The third-order valence-electron chi connectivity index (χ3n) is 3.74. The van der Waals surface area contributed by atoms with E-state index >= 15 is 0 Å². The molecule has 0 aromatic heterocycles. The van der Waals surface area contributed by atoms with Crippen LogP contribution in [-0.2, 0) is 22.7 Å². The van der Waals surface area contributed by atoms with Crippen LogP contribution in [0.4, 0.5) is 13.2 Å². The molecule has 0 saturated heterocycles. The average Bonchev–Trinajstić information content (AvgIpc) is 2.58. The Bertz CT molecular complexity index is 895. The number of halogens is 3. The molecule has 0 aliphatic heterocycles. The molecule has 2 aromatic rings. The van der Waals surface area contributed by atoms with Crippen LogP contribution in [0.2, 0.25) is 0 Å². The van der Waals surface area contributed by atoms with Crippen molar-refractivity contribution in [1.82, 2.24) is 4.72 Å². The number of alkyl halides is 3. The first kappa shape index (κ1) is 20.1. The number of benzene rings is 2. The van der Waals surface area contributed by atoms with Gasteiger partial charge in [-0.05, 0) is 42.3 Å². The van der Waals surface area contributed by atoms with Gasteiger partial charge in [0.1, 0.15) is 0 Å². The highest BCUT2D eigenvalue weighted by atomic mass is 32.2. The van der Waals surface area contributed by atoms with Gasteiger partial charge in [0.05, 0.1) is 24.7 Å². The first-order valence-electron chi connectivity index (χ1n) is 7.47. The Morgan fingerprint density at radius 3 is 2.23 bits per heavy atom. The van der Waals surface area contributed by atoms with Crippen molar-refractivity contribution in [1.29, 1.82) is 0 Å². The maximum Gasteiger partial charge on any atom is 0.416 e. The summed E-state index contributed by atoms with van der Waals surface area (Å²) in [6, 6.07) is 7.72. The van der Waals surface area contributed by atoms with Crippen molar-refractivity contribution in [2.45, 2.75) is 24.5 Å². The number of aryl methyl sites for hydroxylation is 1. The Hall–Kier alpha value is -2.26. The minimum Gasteiger partial charge on any atom is -0.493 e. The molecule has 2 aromatic carbocycles. The molecule has 0 aliphatic carbocycles. The van der Waals surface area contributed by atoms with Crippen molar-refractivity contribution in [3.05, 3.63) is 53.1 Å². The summed E-state index contributed by atoms with van der Waals surface area (Å²) in [5.41, 5.74) is -0.461. The number of sulfonamides is 1. The average molecular weight is 389 g/mol. The SMILES string of the molecule is COc1ccc(CNS(=O)(=O)c2ccc(C)c(C(F)(F)F)c2)cc1OC. The van der Waals surface area contributed by atoms with Crippen LogP contribution in [0.15, 0.2) is 41.3 Å². The molecule has 0 atom stereocenters. The van der Waals surface area contributed by atoms with Gasteiger partial charge in [-0.2, -0.15) is 13.2 Å². The molecule has 0 unspecified atom stereocenters. The van der Waals surface area contributed by atoms with Crippen LogP contribution in [-0.4, -0.2) is 22.6 Å². The first-order valence-corrected chi connectivity index (χ1v) is 8.95. The second-order valence-electron chi connectivity index (χ2n) is 5.49. The normalized spacial score (nSPS) is 12.1. The van der Waals surface area contributed by atoms with Crippen molar-refractivity contribution in [2.24, 2.45) is 0 Å². The smallest absolute Gasteiger partial charge is 0.416 e. The molecule has 26 heavy (non-hydrogen) atoms. The summed E-state index contributed by atoms with van der Waals surface area (Å²) in [6.45, 7) is 1.16. The van der Waals surface area contributed by atoms with Gasteiger partial charge in [-0.25, -0.2) is 13.1 Å². The van der Waals surface area contributed by atoms with Gasteiger partial charge in [0.25, 0.3) is 0 Å². The van der Waals surface area contributed by atoms with Crippen LogP contribution < -0.4 is 14.2 Å². The highest BCUT2D eigenvalue weighted by molar-refractivity contribution is 7.89. The first-order chi connectivity index (χ1) is 12.1. The quantitative estimate of drug-likeness (QED) is 0.821. The summed E-state index contributed by atoms with van der Waals surface area (Å²) >= 11 is 0. The molecule has 0 saturated carbocycles. The number of ether oxygens (including phenoxy) is 2. The topological polar surface area (TPSA) is 64.6 Å². The minimum absolute atomic E-state index is 0.0451. The van der Waals surface area contributed by atoms with E-state index in [-0.39, 0.29) is 12.1 Å². The Kier molecular flexibility index (Phi) is 5.82. The molecule has 142 valence electrons. The molecule has 9 heteroatoms. The van der Waals surface area contributed by atoms with Gasteiger partial charge < -0.3 is 9.47 Å². The third-order valence-corrected chi connectivity index (χ3v) is 5.14. The molecule has 0 fully saturated rings. The molecule has 0 spiro atoms. The molecule has 1 N–H and O–H groups in total. The number of nitrogens with one attached hydrogen (secondary N) is 1. The van der Waals surface area contributed by atoms with Crippen LogP contribution in [0.25, 0.3) is 0 Å². The summed E-state index contributed by atoms with van der Waals surface area (Å²) in [4.78, 5) is -0.448. The van der Waals surface area contributed by atoms with Gasteiger partial charge in [-0.3, -0.25) is 0 Å². The zero-order valence-corrected chi connectivity index (χ0v) is 15.2. The second-order valence-corrected chi connectivity index (χ2v) is 7.26. The Balaban J connectivity index is 2.25. The molecular formula is C17H18F3NO4S. The van der Waals surface area contributed by atoms with Gasteiger partial charge in [0.2, 0.25) is 10.0 Å². The maximum atomic E-state index is 13.0. The van der Waals surface area contributed by atoms with Crippen molar-refractivity contribution in [2.75, 3.05) is 14.2 Å². The predicted octanol–water partition coefficient (Wildman–Crippen LogP) is 3.51. The Labute approximate surface area is 149 Å². The second kappa shape index (κ2) is 7.55. The lowest BCUT2D eigenvalue weighted by atomic mass is 10.1. The monoisotopic (exact) mass is 389 g/mol. The van der Waals surface area contributed by atoms with E-state index in [2.05, 4.69) is 4.72 Å². The number of hydrogen-bond acceptors (Lipinski definition) is 4. The number of rotatable bonds is 6. The summed E-state index contributed by atoms with van der Waals surface area (Å²) in [5, 5.41) is 0. The van der Waals surface area contributed by atoms with E-state index in [1.165, 1.54) is 21.1 Å². The Morgan fingerprint density at radius 1 is 1.00 bits per heavy atom. The summed E-state index contributed by atoms with van der Waals surface area (Å²) in [5.74, 6) is 0.895. The van der Waals surface area contributed by atoms with Crippen molar-refractivity contribution < 1.29 is 31.1 Å². The summed E-state index contributed by atoms with van der Waals surface area (Å²) in [6.07, 6.45) is -4.63. The fraction of sp³-hybridized carbons (Fsp3) is 0.294. The third kappa shape index (κ3) is 4.47. The number of hydrogen-bond donors (Lipinski definition) is 1. The van der Waals surface area contributed by atoms with Crippen molar-refractivity contribution in [3.8, 4) is 11.5 Å². The van der Waals surface area contributed by atoms with E-state index in [0.717, 1.165) is 12.1 Å². The lowest BCUT2D eigenvalue weighted by molar-refractivity contribution is -0.138. The van der Waals surface area contributed by atoms with E-state index in [0.29, 0.717) is 23.1 Å². The molecule has 0 radical (unpaired) electrons. The fourth-order valence-corrected chi connectivity index (χ4v) is 3.37. The molecule has 0 amide bonds. The molecule has 2 rings (SSSR count). The number of methoxy groups -OCH3 is 2. The van der Waals surface area contributed by atoms with E-state index in [4.69, 9.17) is 9.47 Å². The van der Waals surface area contributed by atoms with Gasteiger partial charge in [0.15, 0.2) is 11.5 Å². The maximum absolute atomic E-state index is 13.0. The van der Waals surface area contributed by atoms with Crippen molar-refractivity contribution in [3.63, 3.8) is 0 Å². The predicted molar refractivity (Wildman–Crippen MR) is 89.8 cm³/mol. The van der Waals surface area contributed by atoms with Crippen LogP contribution in [0, 0.1) is 6.92 Å². The van der Waals surface area contributed by atoms with Crippen LogP contribution in [0.5, 0.6) is 11.5 Å². The molecule has 0 aliphatic rings. The highest BCUT2D eigenvalue weighted by Gasteiger charge is 2.33. The van der Waals surface area contributed by atoms with E-state index in [1.807, 2.05) is 0 Å². The molecule has 5 nitrogen and oxygen atoms in total. The van der Waals surface area contributed by atoms with Crippen LogP contribution >= 0.6 is 0 Å². The molecule has 0 heterocycles. The fourth-order valence-electron chi connectivity index (χ4n) is 2.33. The largest absolute Gasteiger partial charge is 0.493 e. The van der Waals surface area contributed by atoms with E-state index in [1.54, 1.807) is 18.2 Å². The van der Waals surface area contributed by atoms with Crippen LogP contribution in [0.1, 0.15) is 16.7 Å². The van der Waals surface area contributed by atoms with Crippen LogP contribution in [0.3, 0.4) is 0 Å². The lowest BCUT2D eigenvalue weighted by Gasteiger charge is -2.13. The Morgan fingerprint density at radius 2 is 1.65 bits per heavy atom. The van der Waals surface area contributed by atoms with Gasteiger partial charge in [-0.15, -0.1) is 0 Å². The van der Waals surface area contributed by atoms with Gasteiger partial charge in [0, 0.05) is 6.54 Å². The lowest BCUT2D eigenvalue weighted by Crippen LogP contribution is -2.24. The standard InChI is InChI=1S/C17H18F3NO4S/c1-11-4-6-13(9-14(11)17(18,19)20)26(22,23)21-10-12-5-7-15(24-2)16(8-12)25-3/h4-9,21H,10H2,1-3H3. The molecule has 0 bridgehead atoms. The van der Waals surface area contributed by atoms with Crippen molar-refractivity contribution >= 4 is 10.0 Å². The summed E-state index contributed by atoms with van der Waals surface area (Å²) < 4.78 is 76.1. The zero-order valence-electron chi connectivity index (χ0n) is 14.3. The van der Waals surface area contributed by atoms with E-state index < -0.39 is 26.7 Å². The zero-order chi connectivity index (χ0) is 19.5. The minimum atomic E-state index is -4.63.